The van der Waals surface area contributed by atoms with Crippen LogP contribution < -0.4 is 5.56 Å². The summed E-state index contributed by atoms with van der Waals surface area (Å²) in [6, 6.07) is 10.4. The predicted molar refractivity (Wildman–Crippen MR) is 119 cm³/mol. The Hall–Kier alpha value is -2.81. The number of alkyl halides is 3. The maximum Gasteiger partial charge on any atom is 0.422 e. The number of carboxylic acid groups (broad SMARTS) is 1. The Labute approximate surface area is 196 Å². The van der Waals surface area contributed by atoms with E-state index in [0.29, 0.717) is 11.1 Å². The van der Waals surface area contributed by atoms with Gasteiger partial charge < -0.3 is 14.8 Å². The van der Waals surface area contributed by atoms with Crippen molar-refractivity contribution in [3.05, 3.63) is 91.8 Å². The molecule has 3 aromatic rings. The van der Waals surface area contributed by atoms with Crippen LogP contribution in [0.5, 0.6) is 0 Å². The highest BCUT2D eigenvalue weighted by Crippen LogP contribution is 2.49. The summed E-state index contributed by atoms with van der Waals surface area (Å²) < 4.78 is 43.4. The van der Waals surface area contributed by atoms with Gasteiger partial charge in [-0.3, -0.25) is 4.79 Å². The van der Waals surface area contributed by atoms with E-state index in [1.54, 1.807) is 0 Å². The number of aromatic nitrogens is 1. The van der Waals surface area contributed by atoms with Gasteiger partial charge in [-0.15, -0.1) is 0 Å². The van der Waals surface area contributed by atoms with Crippen LogP contribution in [0.1, 0.15) is 34.3 Å². The number of carboxylic acids is 1. The number of hydrogen-bond acceptors (Lipinski definition) is 3. The Morgan fingerprint density at radius 1 is 1.00 bits per heavy atom. The summed E-state index contributed by atoms with van der Waals surface area (Å²) in [6.45, 7) is 1.19. The van der Waals surface area contributed by atoms with Gasteiger partial charge in [0.15, 0.2) is 5.60 Å². The van der Waals surface area contributed by atoms with Crippen LogP contribution in [0.15, 0.2) is 59.5 Å². The zero-order valence-corrected chi connectivity index (χ0v) is 18.8. The number of halogens is 5. The predicted octanol–water partition coefficient (Wildman–Crippen LogP) is 5.61. The molecule has 0 unspecified atom stereocenters. The van der Waals surface area contributed by atoms with Crippen molar-refractivity contribution in [2.45, 2.75) is 24.6 Å². The van der Waals surface area contributed by atoms with Gasteiger partial charge in [0.1, 0.15) is 0 Å². The lowest BCUT2D eigenvalue weighted by Crippen LogP contribution is -2.47. The highest BCUT2D eigenvalue weighted by atomic mass is 35.5. The molecular formula is C23H18Cl2F3NO4. The van der Waals surface area contributed by atoms with Gasteiger partial charge in [-0.05, 0) is 41.0 Å². The largest absolute Gasteiger partial charge is 0.478 e. The quantitative estimate of drug-likeness (QED) is 0.478. The van der Waals surface area contributed by atoms with Gasteiger partial charge in [-0.1, -0.05) is 48.3 Å². The third-order valence-corrected chi connectivity index (χ3v) is 6.22. The number of aliphatic hydroxyl groups is 1. The molecule has 33 heavy (non-hydrogen) atoms. The topological polar surface area (TPSA) is 79.5 Å². The van der Waals surface area contributed by atoms with Crippen molar-refractivity contribution in [1.29, 1.82) is 0 Å². The molecule has 0 spiro atoms. The van der Waals surface area contributed by atoms with Crippen LogP contribution in [0.2, 0.25) is 10.0 Å². The SMILES string of the molecule is C[C@@H](c1ccc(-c2ccc(C(=O)O)c(Cl)c2)cc1Cl)[C@](O)(c1ccc(=O)n(C)c1)C(F)(F)F. The Balaban J connectivity index is 2.08. The second-order valence-electron chi connectivity index (χ2n) is 7.59. The molecule has 0 saturated carbocycles. The second kappa shape index (κ2) is 8.85. The number of benzene rings is 2. The molecule has 2 atom stereocenters. The summed E-state index contributed by atoms with van der Waals surface area (Å²) in [4.78, 5) is 22.8. The molecule has 0 bridgehead atoms. The minimum atomic E-state index is -5.08. The van der Waals surface area contributed by atoms with Crippen LogP contribution in [-0.2, 0) is 12.6 Å². The molecule has 174 valence electrons. The standard InChI is InChI=1S/C23H18Cl2F3NO4/c1-12(22(33,23(26,27)28)15-5-8-20(30)29(2)11-15)16-6-3-13(9-18(16)24)14-4-7-17(21(31)32)19(25)10-14/h3-12,33H,1-2H3,(H,31,32)/t12-,22-/m0/s1. The first-order valence-electron chi connectivity index (χ1n) is 9.56. The molecule has 2 N–H and O–H groups in total. The first-order valence-corrected chi connectivity index (χ1v) is 10.3. The fourth-order valence-electron chi connectivity index (χ4n) is 3.63. The van der Waals surface area contributed by atoms with E-state index in [0.717, 1.165) is 22.9 Å². The molecule has 1 heterocycles. The van der Waals surface area contributed by atoms with Gasteiger partial charge in [0, 0.05) is 35.8 Å². The van der Waals surface area contributed by atoms with E-state index in [2.05, 4.69) is 0 Å². The summed E-state index contributed by atoms with van der Waals surface area (Å²) in [7, 11) is 1.29. The average molecular weight is 500 g/mol. The van der Waals surface area contributed by atoms with Gasteiger partial charge in [0.05, 0.1) is 10.6 Å². The summed E-state index contributed by atoms with van der Waals surface area (Å²) in [5.41, 5.74) is -3.41. The van der Waals surface area contributed by atoms with E-state index in [1.165, 1.54) is 50.4 Å². The minimum Gasteiger partial charge on any atom is -0.478 e. The van der Waals surface area contributed by atoms with Crippen LogP contribution in [0.4, 0.5) is 13.2 Å². The van der Waals surface area contributed by atoms with E-state index in [9.17, 15) is 27.9 Å². The molecule has 0 amide bonds. The lowest BCUT2D eigenvalue weighted by Gasteiger charge is -2.37. The Kier molecular flexibility index (Phi) is 6.66. The molecule has 2 aromatic carbocycles. The van der Waals surface area contributed by atoms with Crippen molar-refractivity contribution in [2.75, 3.05) is 0 Å². The monoisotopic (exact) mass is 499 g/mol. The van der Waals surface area contributed by atoms with E-state index in [-0.39, 0.29) is 21.2 Å². The average Bonchev–Trinajstić information content (AvgIpc) is 2.73. The van der Waals surface area contributed by atoms with Crippen LogP contribution in [0, 0.1) is 0 Å². The Morgan fingerprint density at radius 2 is 1.58 bits per heavy atom. The van der Waals surface area contributed by atoms with Crippen LogP contribution in [-0.4, -0.2) is 26.9 Å². The van der Waals surface area contributed by atoms with Crippen molar-refractivity contribution in [1.82, 2.24) is 4.57 Å². The molecule has 0 fully saturated rings. The van der Waals surface area contributed by atoms with Gasteiger partial charge in [0.25, 0.3) is 0 Å². The minimum absolute atomic E-state index is 0.00490. The lowest BCUT2D eigenvalue weighted by molar-refractivity contribution is -0.274. The first kappa shape index (κ1) is 24.8. The van der Waals surface area contributed by atoms with E-state index in [1.807, 2.05) is 0 Å². The first-order chi connectivity index (χ1) is 15.3. The molecular weight excluding hydrogens is 482 g/mol. The van der Waals surface area contributed by atoms with Gasteiger partial charge in [-0.2, -0.15) is 13.2 Å². The van der Waals surface area contributed by atoms with Crippen LogP contribution >= 0.6 is 23.2 Å². The number of pyridine rings is 1. The number of aromatic carboxylic acids is 1. The van der Waals surface area contributed by atoms with Gasteiger partial charge in [0.2, 0.25) is 5.56 Å². The van der Waals surface area contributed by atoms with Crippen molar-refractivity contribution in [2.24, 2.45) is 7.05 Å². The zero-order valence-electron chi connectivity index (χ0n) is 17.3. The smallest absolute Gasteiger partial charge is 0.422 e. The maximum absolute atomic E-state index is 14.1. The summed E-state index contributed by atoms with van der Waals surface area (Å²) in [5.74, 6) is -2.73. The lowest BCUT2D eigenvalue weighted by atomic mass is 9.78. The number of hydrogen-bond donors (Lipinski definition) is 2. The van der Waals surface area contributed by atoms with Gasteiger partial charge >= 0.3 is 12.1 Å². The van der Waals surface area contributed by atoms with E-state index < -0.39 is 34.8 Å². The molecule has 0 aliphatic heterocycles. The number of nitrogens with zero attached hydrogens (tertiary/aromatic N) is 1. The summed E-state index contributed by atoms with van der Waals surface area (Å²) in [6.07, 6.45) is -4.13. The second-order valence-corrected chi connectivity index (χ2v) is 8.40. The summed E-state index contributed by atoms with van der Waals surface area (Å²) >= 11 is 12.3. The van der Waals surface area contributed by atoms with Crippen LogP contribution in [0.3, 0.4) is 0 Å². The fraction of sp³-hybridized carbons (Fsp3) is 0.217. The molecule has 0 radical (unpaired) electrons. The maximum atomic E-state index is 14.1. The third-order valence-electron chi connectivity index (χ3n) is 5.58. The molecule has 0 aliphatic rings. The third kappa shape index (κ3) is 4.51. The van der Waals surface area contributed by atoms with Crippen LogP contribution in [0.25, 0.3) is 11.1 Å². The molecule has 10 heteroatoms. The molecule has 1 aromatic heterocycles. The molecule has 0 aliphatic carbocycles. The van der Waals surface area contributed by atoms with Gasteiger partial charge in [-0.25, -0.2) is 4.79 Å². The van der Waals surface area contributed by atoms with E-state index >= 15 is 0 Å². The Morgan fingerprint density at radius 3 is 2.06 bits per heavy atom. The number of rotatable bonds is 5. The Bertz CT molecular complexity index is 1290. The number of carbonyl (C=O) groups is 1. The number of aryl methyl sites for hydroxylation is 1. The molecule has 5 nitrogen and oxygen atoms in total. The van der Waals surface area contributed by atoms with Crippen molar-refractivity contribution in [3.8, 4) is 11.1 Å². The van der Waals surface area contributed by atoms with Crippen molar-refractivity contribution < 1.29 is 28.2 Å². The normalized spacial score (nSPS) is 14.5. The fourth-order valence-corrected chi connectivity index (χ4v) is 4.24. The van der Waals surface area contributed by atoms with Crippen molar-refractivity contribution >= 4 is 29.2 Å². The highest BCUT2D eigenvalue weighted by molar-refractivity contribution is 6.34. The molecule has 0 saturated heterocycles. The zero-order chi connectivity index (χ0) is 24.7. The van der Waals surface area contributed by atoms with E-state index in [4.69, 9.17) is 28.3 Å². The molecule has 3 rings (SSSR count). The van der Waals surface area contributed by atoms with Crippen molar-refractivity contribution in [3.63, 3.8) is 0 Å². The summed E-state index contributed by atoms with van der Waals surface area (Å²) in [5, 5.41) is 20.0. The highest BCUT2D eigenvalue weighted by Gasteiger charge is 2.59.